The topological polar surface area (TPSA) is 89.5 Å². The molecule has 0 fully saturated rings. The van der Waals surface area contributed by atoms with Crippen molar-refractivity contribution in [2.75, 3.05) is 6.61 Å². The summed E-state index contributed by atoms with van der Waals surface area (Å²) in [6, 6.07) is 3.06. The molecule has 0 radical (unpaired) electrons. The number of carboxylic acid groups (broad SMARTS) is 1. The van der Waals surface area contributed by atoms with E-state index in [-0.39, 0.29) is 82.8 Å². The first-order valence-corrected chi connectivity index (χ1v) is 5.29. The van der Waals surface area contributed by atoms with Crippen molar-refractivity contribution in [1.82, 2.24) is 0 Å². The van der Waals surface area contributed by atoms with Crippen molar-refractivity contribution in [3.8, 4) is 5.75 Å². The Hall–Kier alpha value is 0.530. The maximum absolute atomic E-state index is 13.2. The molecule has 1 aromatic rings. The van der Waals surface area contributed by atoms with Gasteiger partial charge in [-0.2, -0.15) is 0 Å². The summed E-state index contributed by atoms with van der Waals surface area (Å²) in [4.78, 5) is 9.85. The standard InChI is InChI=1S/C9H9FO5S.2Na/c10-7-5-6(16(13)14)1-2-8(7)15-4-3-9(11)12;;/h1-2,5H,3-4H2,(H,11,12)(H,13,14);;/q;2*+1/p-2. The number of aliphatic carboxylic acids is 1. The van der Waals surface area contributed by atoms with E-state index in [1.54, 1.807) is 0 Å². The summed E-state index contributed by atoms with van der Waals surface area (Å²) in [5.41, 5.74) is 0. The van der Waals surface area contributed by atoms with Crippen LogP contribution in [0.25, 0.3) is 0 Å². The largest absolute Gasteiger partial charge is 1.00 e. The molecule has 0 aromatic heterocycles. The molecule has 1 unspecified atom stereocenters. The third kappa shape index (κ3) is 7.20. The number of rotatable bonds is 5. The third-order valence-corrected chi connectivity index (χ3v) is 2.30. The minimum Gasteiger partial charge on any atom is -0.768 e. The molecule has 0 aliphatic heterocycles. The van der Waals surface area contributed by atoms with Gasteiger partial charge in [-0.05, 0) is 29.3 Å². The second kappa shape index (κ2) is 10.3. The van der Waals surface area contributed by atoms with Gasteiger partial charge in [0, 0.05) is 17.3 Å². The Morgan fingerprint density at radius 3 is 2.44 bits per heavy atom. The molecule has 18 heavy (non-hydrogen) atoms. The van der Waals surface area contributed by atoms with E-state index in [0.717, 1.165) is 18.2 Å². The van der Waals surface area contributed by atoms with E-state index >= 15 is 0 Å². The number of halogens is 1. The normalized spacial score (nSPS) is 10.8. The van der Waals surface area contributed by atoms with Gasteiger partial charge in [-0.1, -0.05) is 0 Å². The fraction of sp³-hybridized carbons (Fsp3) is 0.222. The second-order valence-electron chi connectivity index (χ2n) is 2.80. The van der Waals surface area contributed by atoms with Crippen molar-refractivity contribution in [1.29, 1.82) is 0 Å². The van der Waals surface area contributed by atoms with E-state index in [9.17, 15) is 23.1 Å². The summed E-state index contributed by atoms with van der Waals surface area (Å²) >= 11 is -2.51. The minimum atomic E-state index is -2.51. The SMILES string of the molecule is O=C([O-])CCOc1ccc(S(=O)[O-])cc1F.[Na+].[Na+]. The predicted molar refractivity (Wildman–Crippen MR) is 48.7 cm³/mol. The first kappa shape index (κ1) is 20.8. The number of carbonyl (C=O) groups excluding carboxylic acids is 1. The summed E-state index contributed by atoms with van der Waals surface area (Å²) in [5.74, 6) is -2.37. The van der Waals surface area contributed by atoms with Gasteiger partial charge in [0.15, 0.2) is 11.6 Å². The van der Waals surface area contributed by atoms with Crippen molar-refractivity contribution in [2.24, 2.45) is 0 Å². The van der Waals surface area contributed by atoms with E-state index in [4.69, 9.17) is 4.74 Å². The molecule has 1 rings (SSSR count). The number of benzene rings is 1. The van der Waals surface area contributed by atoms with Crippen LogP contribution >= 0.6 is 0 Å². The van der Waals surface area contributed by atoms with E-state index in [2.05, 4.69) is 0 Å². The van der Waals surface area contributed by atoms with Gasteiger partial charge < -0.3 is 19.2 Å². The van der Waals surface area contributed by atoms with Crippen LogP contribution in [-0.2, 0) is 15.9 Å². The number of ether oxygens (including phenoxy) is 1. The first-order chi connectivity index (χ1) is 7.50. The second-order valence-corrected chi connectivity index (χ2v) is 3.74. The number of carbonyl (C=O) groups is 1. The van der Waals surface area contributed by atoms with Crippen LogP contribution < -0.4 is 69.0 Å². The summed E-state index contributed by atoms with van der Waals surface area (Å²) in [7, 11) is 0. The van der Waals surface area contributed by atoms with Gasteiger partial charge >= 0.3 is 59.1 Å². The maximum atomic E-state index is 13.2. The average Bonchev–Trinajstić information content (AvgIpc) is 2.19. The van der Waals surface area contributed by atoms with E-state index in [1.807, 2.05) is 0 Å². The molecule has 88 valence electrons. The predicted octanol–water partition coefficient (Wildman–Crippen LogP) is -6.41. The van der Waals surface area contributed by atoms with E-state index in [0.29, 0.717) is 0 Å². The van der Waals surface area contributed by atoms with Crippen LogP contribution in [0.5, 0.6) is 5.75 Å². The van der Waals surface area contributed by atoms with Crippen LogP contribution in [-0.4, -0.2) is 21.3 Å². The Balaban J connectivity index is 0. The van der Waals surface area contributed by atoms with Crippen molar-refractivity contribution in [3.05, 3.63) is 24.0 Å². The minimum absolute atomic E-state index is 0. The summed E-state index contributed by atoms with van der Waals surface area (Å²) in [5, 5.41) is 10.1. The Labute approximate surface area is 150 Å². The molecular weight excluding hydrogens is 285 g/mol. The van der Waals surface area contributed by atoms with Gasteiger partial charge in [0.05, 0.1) is 6.61 Å². The molecule has 0 spiro atoms. The molecule has 0 N–H and O–H groups in total. The smallest absolute Gasteiger partial charge is 0.768 e. The molecule has 1 aromatic carbocycles. The summed E-state index contributed by atoms with van der Waals surface area (Å²) < 4.78 is 38.9. The van der Waals surface area contributed by atoms with Gasteiger partial charge in [-0.15, -0.1) is 0 Å². The fourth-order valence-electron chi connectivity index (χ4n) is 0.947. The summed E-state index contributed by atoms with van der Waals surface area (Å²) in [6.07, 6.45) is -0.366. The maximum Gasteiger partial charge on any atom is 1.00 e. The van der Waals surface area contributed by atoms with Gasteiger partial charge in [-0.25, -0.2) is 4.39 Å². The average molecular weight is 292 g/mol. The quantitative estimate of drug-likeness (QED) is 0.398. The van der Waals surface area contributed by atoms with Crippen molar-refractivity contribution >= 4 is 17.0 Å². The van der Waals surface area contributed by atoms with Crippen LogP contribution in [0.2, 0.25) is 0 Å². The molecule has 0 saturated carbocycles. The van der Waals surface area contributed by atoms with E-state index in [1.165, 1.54) is 0 Å². The van der Waals surface area contributed by atoms with Crippen LogP contribution in [0.3, 0.4) is 0 Å². The van der Waals surface area contributed by atoms with Crippen molar-refractivity contribution < 1.29 is 86.9 Å². The third-order valence-electron chi connectivity index (χ3n) is 1.66. The fourth-order valence-corrected chi connectivity index (χ4v) is 1.33. The molecule has 9 heteroatoms. The van der Waals surface area contributed by atoms with Crippen LogP contribution in [0.1, 0.15) is 6.42 Å². The molecule has 5 nitrogen and oxygen atoms in total. The zero-order valence-corrected chi connectivity index (χ0v) is 14.8. The van der Waals surface area contributed by atoms with Crippen LogP contribution in [0, 0.1) is 5.82 Å². The molecule has 0 amide bonds. The zero-order valence-electron chi connectivity index (χ0n) is 9.97. The monoisotopic (exact) mass is 292 g/mol. The van der Waals surface area contributed by atoms with E-state index < -0.39 is 22.9 Å². The van der Waals surface area contributed by atoms with Crippen molar-refractivity contribution in [2.45, 2.75) is 11.3 Å². The van der Waals surface area contributed by atoms with Gasteiger partial charge in [-0.3, -0.25) is 4.21 Å². The molecular formula is C9H7FNa2O5S. The van der Waals surface area contributed by atoms with Gasteiger partial charge in [0.25, 0.3) is 0 Å². The molecule has 1 atom stereocenters. The number of hydrogen-bond acceptors (Lipinski definition) is 5. The molecule has 0 aliphatic carbocycles. The van der Waals surface area contributed by atoms with Gasteiger partial charge in [0.1, 0.15) is 0 Å². The van der Waals surface area contributed by atoms with Crippen LogP contribution in [0.15, 0.2) is 23.1 Å². The Morgan fingerprint density at radius 2 is 2.00 bits per heavy atom. The Morgan fingerprint density at radius 1 is 1.39 bits per heavy atom. The number of carboxylic acids is 1. The summed E-state index contributed by atoms with van der Waals surface area (Å²) in [6.45, 7) is -0.237. The molecule has 0 aliphatic rings. The molecule has 0 saturated heterocycles. The van der Waals surface area contributed by atoms with Gasteiger partial charge in [0.2, 0.25) is 0 Å². The molecule has 0 heterocycles. The first-order valence-electron chi connectivity index (χ1n) is 4.22. The Kier molecular flexibility index (Phi) is 12.0. The molecule has 0 bridgehead atoms. The van der Waals surface area contributed by atoms with Crippen molar-refractivity contribution in [3.63, 3.8) is 0 Å². The van der Waals surface area contributed by atoms with Crippen LogP contribution in [0.4, 0.5) is 4.39 Å². The number of hydrogen-bond donors (Lipinski definition) is 0. The zero-order chi connectivity index (χ0) is 12.1. The Bertz CT molecular complexity index is 429.